The molecule has 1 fully saturated rings. The summed E-state index contributed by atoms with van der Waals surface area (Å²) in [6, 6.07) is 2.50. The van der Waals surface area contributed by atoms with Crippen LogP contribution in [0, 0.1) is 0 Å². The fourth-order valence-corrected chi connectivity index (χ4v) is 3.15. The Morgan fingerprint density at radius 2 is 1.70 bits per heavy atom. The van der Waals surface area contributed by atoms with Crippen molar-refractivity contribution in [3.05, 3.63) is 33.3 Å². The topological polar surface area (TPSA) is 69.6 Å². The Morgan fingerprint density at radius 1 is 1.17 bits per heavy atom. The highest BCUT2D eigenvalue weighted by atomic mass is 35.5. The molecule has 0 spiro atoms. The number of nitrogens with one attached hydrogen (secondary N) is 1. The molecular weight excluding hydrogens is 339 g/mol. The minimum absolute atomic E-state index is 0.0152. The number of hydrogen-bond donors (Lipinski definition) is 2. The molecule has 23 heavy (non-hydrogen) atoms. The Kier molecular flexibility index (Phi) is 5.55. The molecule has 1 aromatic rings. The third-order valence-electron chi connectivity index (χ3n) is 3.80. The van der Waals surface area contributed by atoms with Gasteiger partial charge in [0.2, 0.25) is 0 Å². The van der Waals surface area contributed by atoms with Crippen LogP contribution in [-0.4, -0.2) is 47.1 Å². The van der Waals surface area contributed by atoms with Gasteiger partial charge in [0.1, 0.15) is 0 Å². The van der Waals surface area contributed by atoms with E-state index in [-0.39, 0.29) is 21.2 Å². The van der Waals surface area contributed by atoms with Crippen molar-refractivity contribution in [2.24, 2.45) is 0 Å². The van der Waals surface area contributed by atoms with Crippen molar-refractivity contribution in [1.29, 1.82) is 0 Å². The summed E-state index contributed by atoms with van der Waals surface area (Å²) in [6.07, 6.45) is 2.33. The summed E-state index contributed by atoms with van der Waals surface area (Å²) in [5.74, 6) is -1.68. The molecular formula is C16H20Cl2N2O3. The lowest BCUT2D eigenvalue weighted by atomic mass is 10.0. The van der Waals surface area contributed by atoms with Gasteiger partial charge in [-0.1, -0.05) is 23.2 Å². The lowest BCUT2D eigenvalue weighted by molar-refractivity contribution is 0.0689. The molecule has 0 radical (unpaired) electrons. The lowest BCUT2D eigenvalue weighted by Gasteiger charge is -2.31. The van der Waals surface area contributed by atoms with Crippen LogP contribution >= 0.6 is 23.2 Å². The van der Waals surface area contributed by atoms with Gasteiger partial charge in [-0.25, -0.2) is 4.79 Å². The van der Waals surface area contributed by atoms with Crippen LogP contribution < -0.4 is 5.32 Å². The molecule has 1 aliphatic heterocycles. The predicted octanol–water partition coefficient (Wildman–Crippen LogP) is 3.30. The number of amides is 1. The zero-order valence-corrected chi connectivity index (χ0v) is 14.7. The van der Waals surface area contributed by atoms with Gasteiger partial charge in [0, 0.05) is 12.1 Å². The van der Waals surface area contributed by atoms with Crippen LogP contribution in [0.2, 0.25) is 10.0 Å². The molecule has 1 amide bonds. The van der Waals surface area contributed by atoms with Gasteiger partial charge in [-0.2, -0.15) is 0 Å². The summed E-state index contributed by atoms with van der Waals surface area (Å²) in [5, 5.41) is 12.4. The van der Waals surface area contributed by atoms with Gasteiger partial charge in [-0.15, -0.1) is 0 Å². The maximum absolute atomic E-state index is 12.5. The minimum Gasteiger partial charge on any atom is -0.478 e. The fraction of sp³-hybridized carbons (Fsp3) is 0.500. The maximum Gasteiger partial charge on any atom is 0.336 e. The first-order valence-electron chi connectivity index (χ1n) is 7.47. The van der Waals surface area contributed by atoms with E-state index in [4.69, 9.17) is 23.2 Å². The molecule has 1 heterocycles. The minimum atomic E-state index is -1.22. The molecule has 5 nitrogen and oxygen atoms in total. The number of carboxylic acids is 1. The second-order valence-corrected chi connectivity index (χ2v) is 7.25. The van der Waals surface area contributed by atoms with E-state index in [0.717, 1.165) is 13.1 Å². The highest BCUT2D eigenvalue weighted by Gasteiger charge is 2.28. The Labute approximate surface area is 145 Å². The van der Waals surface area contributed by atoms with Crippen molar-refractivity contribution in [3.8, 4) is 0 Å². The third kappa shape index (κ3) is 4.59. The van der Waals surface area contributed by atoms with Crippen molar-refractivity contribution in [2.75, 3.05) is 19.6 Å². The second kappa shape index (κ2) is 7.07. The molecule has 0 aliphatic carbocycles. The second-order valence-electron chi connectivity index (χ2n) is 6.44. The number of rotatable bonds is 5. The van der Waals surface area contributed by atoms with Crippen molar-refractivity contribution in [1.82, 2.24) is 10.2 Å². The highest BCUT2D eigenvalue weighted by molar-refractivity contribution is 6.42. The first-order chi connectivity index (χ1) is 10.7. The molecule has 7 heteroatoms. The van der Waals surface area contributed by atoms with Crippen molar-refractivity contribution in [2.45, 2.75) is 32.2 Å². The Balaban J connectivity index is 2.19. The summed E-state index contributed by atoms with van der Waals surface area (Å²) in [7, 11) is 0. The number of halogens is 2. The molecule has 0 bridgehead atoms. The van der Waals surface area contributed by atoms with Gasteiger partial charge < -0.3 is 15.3 Å². The molecule has 0 unspecified atom stereocenters. The quantitative estimate of drug-likeness (QED) is 0.847. The van der Waals surface area contributed by atoms with E-state index >= 15 is 0 Å². The molecule has 1 aliphatic rings. The van der Waals surface area contributed by atoms with E-state index in [9.17, 15) is 14.7 Å². The van der Waals surface area contributed by atoms with Crippen LogP contribution in [0.5, 0.6) is 0 Å². The zero-order chi connectivity index (χ0) is 17.2. The van der Waals surface area contributed by atoms with E-state index < -0.39 is 17.4 Å². The monoisotopic (exact) mass is 358 g/mol. The first kappa shape index (κ1) is 18.0. The van der Waals surface area contributed by atoms with Crippen LogP contribution in [0.1, 0.15) is 47.4 Å². The maximum atomic E-state index is 12.5. The predicted molar refractivity (Wildman–Crippen MR) is 90.6 cm³/mol. The smallest absolute Gasteiger partial charge is 0.336 e. The third-order valence-corrected chi connectivity index (χ3v) is 4.53. The van der Waals surface area contributed by atoms with Crippen LogP contribution in [0.4, 0.5) is 0 Å². The summed E-state index contributed by atoms with van der Waals surface area (Å²) in [5.41, 5.74) is -0.626. The number of likely N-dealkylation sites (tertiary alicyclic amines) is 1. The number of carbonyl (C=O) groups is 2. The van der Waals surface area contributed by atoms with Crippen molar-refractivity contribution < 1.29 is 14.7 Å². The van der Waals surface area contributed by atoms with Crippen molar-refractivity contribution >= 4 is 35.1 Å². The number of nitrogens with zero attached hydrogens (tertiary/aromatic N) is 1. The van der Waals surface area contributed by atoms with Gasteiger partial charge in [0.25, 0.3) is 5.91 Å². The van der Waals surface area contributed by atoms with E-state index in [1.54, 1.807) is 0 Å². The summed E-state index contributed by atoms with van der Waals surface area (Å²) < 4.78 is 0. The Bertz CT molecular complexity index is 626. The molecule has 0 aromatic heterocycles. The molecule has 1 saturated heterocycles. The van der Waals surface area contributed by atoms with Crippen molar-refractivity contribution in [3.63, 3.8) is 0 Å². The molecule has 1 aromatic carbocycles. The van der Waals surface area contributed by atoms with E-state index in [1.807, 2.05) is 13.8 Å². The molecule has 0 saturated carbocycles. The molecule has 126 valence electrons. The van der Waals surface area contributed by atoms with Gasteiger partial charge in [0.05, 0.1) is 21.2 Å². The van der Waals surface area contributed by atoms with E-state index in [2.05, 4.69) is 10.2 Å². The largest absolute Gasteiger partial charge is 0.478 e. The Hall–Kier alpha value is -1.30. The number of carboxylic acid groups (broad SMARTS) is 1. The molecule has 2 rings (SSSR count). The van der Waals surface area contributed by atoms with Gasteiger partial charge in [-0.3, -0.25) is 4.79 Å². The fourth-order valence-electron chi connectivity index (χ4n) is 2.83. The van der Waals surface area contributed by atoms with E-state index in [1.165, 1.54) is 25.0 Å². The summed E-state index contributed by atoms with van der Waals surface area (Å²) >= 11 is 11.8. The zero-order valence-electron chi connectivity index (χ0n) is 13.2. The van der Waals surface area contributed by atoms with Crippen LogP contribution in [0.25, 0.3) is 0 Å². The van der Waals surface area contributed by atoms with E-state index in [0.29, 0.717) is 6.54 Å². The van der Waals surface area contributed by atoms with Crippen LogP contribution in [0.15, 0.2) is 12.1 Å². The first-order valence-corrected chi connectivity index (χ1v) is 8.22. The average Bonchev–Trinajstić information content (AvgIpc) is 2.92. The normalized spacial score (nSPS) is 15.7. The summed E-state index contributed by atoms with van der Waals surface area (Å²) in [4.78, 5) is 26.2. The highest BCUT2D eigenvalue weighted by Crippen LogP contribution is 2.26. The number of benzene rings is 1. The van der Waals surface area contributed by atoms with Crippen LogP contribution in [-0.2, 0) is 0 Å². The number of aromatic carboxylic acids is 1. The molecule has 0 atom stereocenters. The molecule has 2 N–H and O–H groups in total. The van der Waals surface area contributed by atoms with Crippen LogP contribution in [0.3, 0.4) is 0 Å². The van der Waals surface area contributed by atoms with Gasteiger partial charge in [0.15, 0.2) is 0 Å². The number of carbonyl (C=O) groups excluding carboxylic acids is 1. The number of hydrogen-bond acceptors (Lipinski definition) is 3. The van der Waals surface area contributed by atoms with Gasteiger partial charge in [-0.05, 0) is 51.9 Å². The SMILES string of the molecule is CC(C)(CN1CCCC1)NC(=O)c1cc(Cl)c(Cl)cc1C(=O)O. The Morgan fingerprint density at radius 3 is 2.22 bits per heavy atom. The van der Waals surface area contributed by atoms with Gasteiger partial charge >= 0.3 is 5.97 Å². The lowest BCUT2D eigenvalue weighted by Crippen LogP contribution is -2.51. The standard InChI is InChI=1S/C16H20Cl2N2O3/c1-16(2,9-20-5-3-4-6-20)19-14(21)10-7-12(17)13(18)8-11(10)15(22)23/h7-8H,3-6,9H2,1-2H3,(H,19,21)(H,22,23). The summed E-state index contributed by atoms with van der Waals surface area (Å²) in [6.45, 7) is 6.59. The average molecular weight is 359 g/mol.